The van der Waals surface area contributed by atoms with Crippen LogP contribution in [-0.4, -0.2) is 22.3 Å². The van der Waals surface area contributed by atoms with Gasteiger partial charge in [-0.25, -0.2) is 0 Å². The number of nitrogens with one attached hydrogen (secondary N) is 1. The van der Waals surface area contributed by atoms with Crippen molar-refractivity contribution in [2.75, 3.05) is 5.32 Å². The van der Waals surface area contributed by atoms with E-state index in [0.29, 0.717) is 22.4 Å². The smallest absolute Gasteiger partial charge is 0.387 e. The molecule has 29 heavy (non-hydrogen) atoms. The minimum atomic E-state index is -2.87. The summed E-state index contributed by atoms with van der Waals surface area (Å²) in [5, 5.41) is 7.08. The second kappa shape index (κ2) is 9.47. The van der Waals surface area contributed by atoms with E-state index in [9.17, 15) is 13.6 Å². The number of rotatable bonds is 7. The Bertz CT molecular complexity index is 1000. The Balaban J connectivity index is 1.59. The van der Waals surface area contributed by atoms with Crippen LogP contribution in [0.1, 0.15) is 16.7 Å². The summed E-state index contributed by atoms with van der Waals surface area (Å²) in [7, 11) is 0. The van der Waals surface area contributed by atoms with E-state index in [0.717, 1.165) is 5.56 Å². The van der Waals surface area contributed by atoms with Gasteiger partial charge >= 0.3 is 6.61 Å². The Labute approximate surface area is 175 Å². The van der Waals surface area contributed by atoms with Gasteiger partial charge in [0, 0.05) is 12.3 Å². The monoisotopic (exact) mass is 461 g/mol. The zero-order valence-corrected chi connectivity index (χ0v) is 17.1. The number of carbonyl (C=O) groups is 1. The topological polar surface area (TPSA) is 56.2 Å². The molecule has 0 radical (unpaired) electrons. The number of nitrogens with zero attached hydrogens (tertiary/aromatic N) is 2. The van der Waals surface area contributed by atoms with Gasteiger partial charge in [-0.2, -0.15) is 13.9 Å². The average molecular weight is 462 g/mol. The lowest BCUT2D eigenvalue weighted by Crippen LogP contribution is -2.09. The van der Waals surface area contributed by atoms with Crippen molar-refractivity contribution in [2.24, 2.45) is 0 Å². The fourth-order valence-electron chi connectivity index (χ4n) is 2.53. The summed E-state index contributed by atoms with van der Waals surface area (Å²) >= 11 is 3.40. The van der Waals surface area contributed by atoms with Gasteiger partial charge in [0.2, 0.25) is 5.91 Å². The van der Waals surface area contributed by atoms with Gasteiger partial charge in [-0.05, 0) is 52.2 Å². The number of carbonyl (C=O) groups excluding carboxylic acids is 1. The highest BCUT2D eigenvalue weighted by Gasteiger charge is 2.09. The number of anilines is 1. The summed E-state index contributed by atoms with van der Waals surface area (Å²) < 4.78 is 31.0. The zero-order valence-electron chi connectivity index (χ0n) is 15.5. The number of benzene rings is 2. The molecule has 0 unspecified atom stereocenters. The fraction of sp³-hybridized carbons (Fsp3) is 0.143. The van der Waals surface area contributed by atoms with E-state index in [4.69, 9.17) is 0 Å². The lowest BCUT2D eigenvalue weighted by atomic mass is 10.1. The van der Waals surface area contributed by atoms with Gasteiger partial charge in [0.05, 0.1) is 11.0 Å². The lowest BCUT2D eigenvalue weighted by molar-refractivity contribution is -0.111. The second-order valence-corrected chi connectivity index (χ2v) is 7.13. The molecule has 1 aromatic heterocycles. The molecule has 0 atom stereocenters. The first-order valence-electron chi connectivity index (χ1n) is 8.71. The SMILES string of the molecule is Cc1ccc(Cn2cc(Br)c(NC(=O)/C=C\c3ccc(OC(F)F)cc3)n2)cc1. The van der Waals surface area contributed by atoms with Crippen molar-refractivity contribution in [3.05, 3.63) is 82.0 Å². The quantitative estimate of drug-likeness (QED) is 0.488. The van der Waals surface area contributed by atoms with Gasteiger partial charge in [0.15, 0.2) is 5.82 Å². The minimum Gasteiger partial charge on any atom is -0.435 e. The molecule has 2 aromatic carbocycles. The van der Waals surface area contributed by atoms with Crippen molar-refractivity contribution < 1.29 is 18.3 Å². The first-order chi connectivity index (χ1) is 13.9. The first-order valence-corrected chi connectivity index (χ1v) is 9.51. The van der Waals surface area contributed by atoms with Gasteiger partial charge in [0.1, 0.15) is 5.75 Å². The summed E-state index contributed by atoms with van der Waals surface area (Å²) in [6.45, 7) is -0.259. The minimum absolute atomic E-state index is 0.0599. The van der Waals surface area contributed by atoms with Crippen LogP contribution in [-0.2, 0) is 11.3 Å². The molecule has 0 spiro atoms. The molecule has 1 N–H and O–H groups in total. The number of amides is 1. The van der Waals surface area contributed by atoms with Crippen LogP contribution in [0.3, 0.4) is 0 Å². The highest BCUT2D eigenvalue weighted by molar-refractivity contribution is 9.10. The second-order valence-electron chi connectivity index (χ2n) is 6.28. The Morgan fingerprint density at radius 3 is 2.55 bits per heavy atom. The normalized spacial score (nSPS) is 11.2. The van der Waals surface area contributed by atoms with E-state index in [2.05, 4.69) is 31.1 Å². The maximum absolute atomic E-state index is 12.2. The molecule has 150 valence electrons. The fourth-order valence-corrected chi connectivity index (χ4v) is 2.95. The molecule has 8 heteroatoms. The number of ether oxygens (including phenoxy) is 1. The van der Waals surface area contributed by atoms with Gasteiger partial charge in [0.25, 0.3) is 0 Å². The Hall–Kier alpha value is -3.00. The standard InChI is InChI=1S/C21H18BrF2N3O2/c1-14-2-4-16(5-3-14)12-27-13-18(22)20(26-27)25-19(28)11-8-15-6-9-17(10-7-15)29-21(23)24/h2-11,13,21H,12H2,1H3,(H,25,26,28)/b11-8-. The molecular formula is C21H18BrF2N3O2. The summed E-state index contributed by atoms with van der Waals surface area (Å²) in [6, 6.07) is 14.1. The van der Waals surface area contributed by atoms with Crippen LogP contribution in [0.15, 0.2) is 65.3 Å². The molecular weight excluding hydrogens is 444 g/mol. The molecule has 0 aliphatic carbocycles. The predicted octanol–water partition coefficient (Wildman–Crippen LogP) is 5.26. The summed E-state index contributed by atoms with van der Waals surface area (Å²) in [4.78, 5) is 12.2. The highest BCUT2D eigenvalue weighted by atomic mass is 79.9. The molecule has 1 heterocycles. The Morgan fingerprint density at radius 1 is 1.21 bits per heavy atom. The zero-order chi connectivity index (χ0) is 20.8. The van der Waals surface area contributed by atoms with Gasteiger partial charge in [-0.3, -0.25) is 9.48 Å². The number of halogens is 3. The van der Waals surface area contributed by atoms with Crippen LogP contribution >= 0.6 is 15.9 Å². The van der Waals surface area contributed by atoms with Crippen molar-refractivity contribution in [3.63, 3.8) is 0 Å². The van der Waals surface area contributed by atoms with Crippen molar-refractivity contribution >= 4 is 33.7 Å². The number of alkyl halides is 2. The third kappa shape index (κ3) is 6.25. The summed E-state index contributed by atoms with van der Waals surface area (Å²) in [5.41, 5.74) is 2.96. The van der Waals surface area contributed by atoms with E-state index < -0.39 is 6.61 Å². The third-order valence-corrected chi connectivity index (χ3v) is 4.54. The molecule has 0 saturated heterocycles. The maximum atomic E-state index is 12.2. The van der Waals surface area contributed by atoms with E-state index in [1.807, 2.05) is 31.2 Å². The van der Waals surface area contributed by atoms with Crippen LogP contribution in [0.4, 0.5) is 14.6 Å². The summed E-state index contributed by atoms with van der Waals surface area (Å²) in [5.74, 6) is 0.108. The lowest BCUT2D eigenvalue weighted by Gasteiger charge is -2.04. The maximum Gasteiger partial charge on any atom is 0.387 e. The molecule has 3 rings (SSSR count). The van der Waals surface area contributed by atoms with E-state index in [-0.39, 0.29) is 11.7 Å². The number of hydrogen-bond donors (Lipinski definition) is 1. The molecule has 0 fully saturated rings. The van der Waals surface area contributed by atoms with Crippen LogP contribution in [0, 0.1) is 6.92 Å². The molecule has 3 aromatic rings. The molecule has 1 amide bonds. The number of hydrogen-bond acceptors (Lipinski definition) is 3. The van der Waals surface area contributed by atoms with Crippen molar-refractivity contribution in [3.8, 4) is 5.75 Å². The van der Waals surface area contributed by atoms with E-state index >= 15 is 0 Å². The van der Waals surface area contributed by atoms with E-state index in [1.54, 1.807) is 29.1 Å². The van der Waals surface area contributed by atoms with Gasteiger partial charge in [-0.15, -0.1) is 0 Å². The highest BCUT2D eigenvalue weighted by Crippen LogP contribution is 2.21. The number of aromatic nitrogens is 2. The Morgan fingerprint density at radius 2 is 1.90 bits per heavy atom. The molecule has 0 saturated carbocycles. The van der Waals surface area contributed by atoms with Crippen molar-refractivity contribution in [1.29, 1.82) is 0 Å². The Kier molecular flexibility index (Phi) is 6.77. The summed E-state index contributed by atoms with van der Waals surface area (Å²) in [6.07, 6.45) is 4.70. The predicted molar refractivity (Wildman–Crippen MR) is 111 cm³/mol. The van der Waals surface area contributed by atoms with Crippen LogP contribution in [0.25, 0.3) is 6.08 Å². The molecule has 0 bridgehead atoms. The van der Waals surface area contributed by atoms with Crippen LogP contribution in [0.2, 0.25) is 0 Å². The largest absolute Gasteiger partial charge is 0.435 e. The van der Waals surface area contributed by atoms with Gasteiger partial charge < -0.3 is 10.1 Å². The average Bonchev–Trinajstić information content (AvgIpc) is 3.01. The molecule has 0 aliphatic heterocycles. The van der Waals surface area contributed by atoms with Crippen molar-refractivity contribution in [2.45, 2.75) is 20.1 Å². The van der Waals surface area contributed by atoms with E-state index in [1.165, 1.54) is 23.8 Å². The molecule has 0 aliphatic rings. The molecule has 5 nitrogen and oxygen atoms in total. The van der Waals surface area contributed by atoms with Gasteiger partial charge in [-0.1, -0.05) is 42.0 Å². The van der Waals surface area contributed by atoms with Crippen LogP contribution in [0.5, 0.6) is 5.75 Å². The third-order valence-electron chi connectivity index (χ3n) is 3.96. The van der Waals surface area contributed by atoms with Crippen LogP contribution < -0.4 is 10.1 Å². The first kappa shape index (κ1) is 20.7. The number of aryl methyl sites for hydroxylation is 1. The van der Waals surface area contributed by atoms with Crippen molar-refractivity contribution in [1.82, 2.24) is 9.78 Å².